The summed E-state index contributed by atoms with van der Waals surface area (Å²) in [4.78, 5) is 22.7. The second-order valence-electron chi connectivity index (χ2n) is 7.88. The largest absolute Gasteiger partial charge is 0.573 e. The Hall–Kier alpha value is -4.34. The van der Waals surface area contributed by atoms with Gasteiger partial charge < -0.3 is 19.7 Å². The number of ether oxygens (including phenoxy) is 1. The number of benzene rings is 3. The van der Waals surface area contributed by atoms with Crippen molar-refractivity contribution in [2.45, 2.75) is 26.8 Å². The van der Waals surface area contributed by atoms with Gasteiger partial charge in [-0.15, -0.1) is 13.2 Å². The zero-order valence-corrected chi connectivity index (χ0v) is 20.7. The molecule has 0 bridgehead atoms. The molecule has 37 heavy (non-hydrogen) atoms. The zero-order valence-electron chi connectivity index (χ0n) is 20.7. The Kier molecular flexibility index (Phi) is 8.89. The van der Waals surface area contributed by atoms with Crippen molar-refractivity contribution in [3.63, 3.8) is 0 Å². The average molecular weight is 514 g/mol. The van der Waals surface area contributed by atoms with E-state index in [-0.39, 0.29) is 23.6 Å². The molecule has 0 radical (unpaired) electrons. The third-order valence-electron chi connectivity index (χ3n) is 5.40. The van der Waals surface area contributed by atoms with E-state index in [1.54, 1.807) is 42.5 Å². The highest BCUT2D eigenvalue weighted by atomic mass is 19.4. The van der Waals surface area contributed by atoms with Gasteiger partial charge in [0.2, 0.25) is 0 Å². The summed E-state index contributed by atoms with van der Waals surface area (Å²) in [5.41, 5.74) is 3.52. The molecule has 1 amide bonds. The number of amides is 1. The van der Waals surface area contributed by atoms with Crippen LogP contribution in [0.4, 0.5) is 13.2 Å². The van der Waals surface area contributed by atoms with Crippen LogP contribution in [-0.2, 0) is 21.1 Å². The van der Waals surface area contributed by atoms with E-state index in [9.17, 15) is 18.0 Å². The predicted molar refractivity (Wildman–Crippen MR) is 134 cm³/mol. The van der Waals surface area contributed by atoms with Crippen LogP contribution in [0.2, 0.25) is 0 Å². The number of oxime groups is 2. The maximum absolute atomic E-state index is 13.2. The van der Waals surface area contributed by atoms with Crippen molar-refractivity contribution in [3.05, 3.63) is 89.0 Å². The first-order valence-electron chi connectivity index (χ1n) is 11.2. The van der Waals surface area contributed by atoms with E-state index >= 15 is 0 Å². The maximum Gasteiger partial charge on any atom is 0.573 e. The van der Waals surface area contributed by atoms with E-state index in [4.69, 9.17) is 9.68 Å². The highest BCUT2D eigenvalue weighted by molar-refractivity contribution is 6.45. The summed E-state index contributed by atoms with van der Waals surface area (Å²) in [7, 11) is 2.79. The van der Waals surface area contributed by atoms with Crippen LogP contribution in [0, 0.1) is 6.92 Å². The fourth-order valence-electron chi connectivity index (χ4n) is 3.62. The molecule has 0 aliphatic carbocycles. The second-order valence-corrected chi connectivity index (χ2v) is 7.88. The number of aryl methyl sites for hydroxylation is 1. The fraction of sp³-hybridized carbons (Fsp3) is 0.222. The molecule has 0 spiro atoms. The van der Waals surface area contributed by atoms with Gasteiger partial charge in [-0.3, -0.25) is 4.79 Å². The number of hydrogen-bond donors (Lipinski definition) is 1. The Balaban J connectivity index is 1.92. The number of likely N-dealkylation sites (N-methyl/N-ethyl adjacent to an activating group) is 1. The minimum atomic E-state index is -4.89. The number of nitrogens with zero attached hydrogens (tertiary/aromatic N) is 2. The highest BCUT2D eigenvalue weighted by Crippen LogP contribution is 2.32. The van der Waals surface area contributed by atoms with E-state index in [1.165, 1.54) is 33.2 Å². The van der Waals surface area contributed by atoms with Crippen molar-refractivity contribution < 1.29 is 32.4 Å². The maximum atomic E-state index is 13.2. The number of nitrogens with one attached hydrogen (secondary N) is 1. The number of carbonyl (C=O) groups is 1. The molecule has 0 atom stereocenters. The highest BCUT2D eigenvalue weighted by Gasteiger charge is 2.32. The van der Waals surface area contributed by atoms with Gasteiger partial charge in [-0.1, -0.05) is 64.9 Å². The van der Waals surface area contributed by atoms with E-state index in [1.807, 2.05) is 19.1 Å². The van der Waals surface area contributed by atoms with Crippen LogP contribution in [0.5, 0.6) is 5.75 Å². The summed E-state index contributed by atoms with van der Waals surface area (Å²) in [6.45, 7) is 3.27. The number of rotatable bonds is 9. The van der Waals surface area contributed by atoms with Crippen molar-refractivity contribution in [1.82, 2.24) is 5.32 Å². The van der Waals surface area contributed by atoms with E-state index in [0.29, 0.717) is 16.7 Å². The number of alkyl halides is 3. The third-order valence-corrected chi connectivity index (χ3v) is 5.40. The Morgan fingerprint density at radius 2 is 1.68 bits per heavy atom. The van der Waals surface area contributed by atoms with E-state index in [2.05, 4.69) is 20.4 Å². The molecule has 1 N–H and O–H groups in total. The molecule has 0 saturated carbocycles. The number of hydrogen-bond acceptors (Lipinski definition) is 6. The lowest BCUT2D eigenvalue weighted by Gasteiger charge is -2.15. The van der Waals surface area contributed by atoms with Gasteiger partial charge in [0.25, 0.3) is 5.91 Å². The van der Waals surface area contributed by atoms with Gasteiger partial charge in [0.1, 0.15) is 19.5 Å². The predicted octanol–water partition coefficient (Wildman–Crippen LogP) is 5.60. The van der Waals surface area contributed by atoms with Gasteiger partial charge >= 0.3 is 6.36 Å². The first-order chi connectivity index (χ1) is 17.6. The zero-order chi connectivity index (χ0) is 27.0. The molecule has 3 aromatic carbocycles. The Morgan fingerprint density at radius 3 is 2.32 bits per heavy atom. The molecule has 3 rings (SSSR count). The summed E-state index contributed by atoms with van der Waals surface area (Å²) in [5.74, 6) is -0.856. The molecule has 0 fully saturated rings. The minimum Gasteiger partial charge on any atom is -0.405 e. The van der Waals surface area contributed by atoms with Crippen LogP contribution in [-0.4, -0.2) is 37.9 Å². The molecule has 194 valence electrons. The first kappa shape index (κ1) is 27.3. The van der Waals surface area contributed by atoms with Gasteiger partial charge in [-0.2, -0.15) is 0 Å². The van der Waals surface area contributed by atoms with E-state index in [0.717, 1.165) is 11.1 Å². The van der Waals surface area contributed by atoms with Crippen molar-refractivity contribution in [2.24, 2.45) is 10.3 Å². The molecular weight excluding hydrogens is 487 g/mol. The Morgan fingerprint density at radius 1 is 0.946 bits per heavy atom. The standard InChI is InChI=1S/C27H26F3N3O4/c1-17-9-8-12-22(25(33-35-4)26(34)31-3)23(17)16-36-32-18(2)21-14-13-20(19-10-6-5-7-11-19)15-24(21)37-27(28,29)30/h5-15H,16H2,1-4H3,(H,31,34)/b32-18+,33-25+. The fourth-order valence-corrected chi connectivity index (χ4v) is 3.62. The number of halogens is 3. The van der Waals surface area contributed by atoms with Crippen LogP contribution in [0.15, 0.2) is 77.0 Å². The average Bonchev–Trinajstić information content (AvgIpc) is 2.87. The molecular formula is C27H26F3N3O4. The summed E-state index contributed by atoms with van der Waals surface area (Å²) in [6, 6.07) is 18.7. The molecule has 0 unspecified atom stereocenters. The number of carbonyl (C=O) groups excluding carboxylic acids is 1. The summed E-state index contributed by atoms with van der Waals surface area (Å²) < 4.78 is 43.8. The van der Waals surface area contributed by atoms with Crippen molar-refractivity contribution in [1.29, 1.82) is 0 Å². The van der Waals surface area contributed by atoms with Crippen LogP contribution in [0.3, 0.4) is 0 Å². The molecule has 0 saturated heterocycles. The van der Waals surface area contributed by atoms with Crippen LogP contribution in [0.25, 0.3) is 11.1 Å². The van der Waals surface area contributed by atoms with Gasteiger partial charge in [-0.25, -0.2) is 0 Å². The third kappa shape index (κ3) is 7.09. The summed E-state index contributed by atoms with van der Waals surface area (Å²) >= 11 is 0. The molecule has 0 aliphatic rings. The molecule has 0 aliphatic heterocycles. The van der Waals surface area contributed by atoms with Crippen molar-refractivity contribution in [2.75, 3.05) is 14.2 Å². The van der Waals surface area contributed by atoms with Crippen molar-refractivity contribution in [3.8, 4) is 16.9 Å². The topological polar surface area (TPSA) is 81.5 Å². The molecule has 10 heteroatoms. The van der Waals surface area contributed by atoms with Crippen LogP contribution < -0.4 is 10.1 Å². The van der Waals surface area contributed by atoms with Gasteiger partial charge in [-0.05, 0) is 42.7 Å². The minimum absolute atomic E-state index is 0.0466. The van der Waals surface area contributed by atoms with Gasteiger partial charge in [0, 0.05) is 23.7 Å². The van der Waals surface area contributed by atoms with E-state index < -0.39 is 18.0 Å². The molecule has 0 aromatic heterocycles. The van der Waals surface area contributed by atoms with Gasteiger partial charge in [0.05, 0.1) is 5.71 Å². The monoisotopic (exact) mass is 513 g/mol. The SMILES string of the molecule is CNC(=O)/C(=N/OC)c1cccc(C)c1CO/N=C(\C)c1ccc(-c2ccccc2)cc1OC(F)(F)F. The lowest BCUT2D eigenvalue weighted by atomic mass is 9.98. The Labute approximate surface area is 212 Å². The first-order valence-corrected chi connectivity index (χ1v) is 11.2. The smallest absolute Gasteiger partial charge is 0.405 e. The molecule has 7 nitrogen and oxygen atoms in total. The quantitative estimate of drug-likeness (QED) is 0.298. The Bertz CT molecular complexity index is 1310. The van der Waals surface area contributed by atoms with Gasteiger partial charge in [0.15, 0.2) is 5.71 Å². The molecule has 3 aromatic rings. The second kappa shape index (κ2) is 12.1. The summed E-state index contributed by atoms with van der Waals surface area (Å²) in [5, 5.41) is 10.4. The summed E-state index contributed by atoms with van der Waals surface area (Å²) in [6.07, 6.45) is -4.89. The lowest BCUT2D eigenvalue weighted by molar-refractivity contribution is -0.274. The molecule has 0 heterocycles. The normalized spacial score (nSPS) is 12.2. The van der Waals surface area contributed by atoms with Crippen molar-refractivity contribution >= 4 is 17.3 Å². The van der Waals surface area contributed by atoms with Crippen LogP contribution in [0.1, 0.15) is 29.2 Å². The lowest BCUT2D eigenvalue weighted by Crippen LogP contribution is -2.29. The van der Waals surface area contributed by atoms with Crippen LogP contribution >= 0.6 is 0 Å².